The molecule has 0 spiro atoms. The van der Waals surface area contributed by atoms with Gasteiger partial charge in [0.1, 0.15) is 30.8 Å². The van der Waals surface area contributed by atoms with E-state index in [4.69, 9.17) is 18.9 Å². The highest BCUT2D eigenvalue weighted by Crippen LogP contribution is 2.33. The molecule has 1 fully saturated rings. The monoisotopic (exact) mass is 488 g/mol. The fourth-order valence-electron chi connectivity index (χ4n) is 4.17. The molecule has 0 saturated carbocycles. The van der Waals surface area contributed by atoms with Gasteiger partial charge in [-0.3, -0.25) is 9.69 Å². The molecule has 0 aromatic heterocycles. The van der Waals surface area contributed by atoms with E-state index in [0.29, 0.717) is 62.1 Å². The molecule has 2 aliphatic rings. The van der Waals surface area contributed by atoms with E-state index in [9.17, 15) is 15.0 Å². The van der Waals surface area contributed by atoms with E-state index < -0.39 is 12.1 Å². The number of nitrogens with one attached hydrogen (secondary N) is 1. The van der Waals surface area contributed by atoms with Crippen molar-refractivity contribution in [1.82, 2.24) is 10.2 Å². The molecular weight excluding hydrogens is 452 g/mol. The molecule has 1 amide bonds. The summed E-state index contributed by atoms with van der Waals surface area (Å²) < 4.78 is 22.0. The van der Waals surface area contributed by atoms with Gasteiger partial charge in [0, 0.05) is 19.6 Å². The van der Waals surface area contributed by atoms with Crippen molar-refractivity contribution in [1.29, 1.82) is 0 Å². The SMILES string of the molecule is C.COc1ccc(OCCC(=O)N[C@H](CN2CC[C@@H](O)C2)[C@H](O)c2ccc3c(c2)OCCO3)cc1. The van der Waals surface area contributed by atoms with Gasteiger partial charge in [-0.2, -0.15) is 0 Å². The molecule has 0 bridgehead atoms. The number of hydrogen-bond acceptors (Lipinski definition) is 8. The van der Waals surface area contributed by atoms with Gasteiger partial charge in [-0.15, -0.1) is 0 Å². The van der Waals surface area contributed by atoms with E-state index in [0.717, 1.165) is 5.75 Å². The van der Waals surface area contributed by atoms with Gasteiger partial charge >= 0.3 is 0 Å². The van der Waals surface area contributed by atoms with Crippen molar-refractivity contribution in [2.24, 2.45) is 0 Å². The third-order valence-electron chi connectivity index (χ3n) is 5.99. The smallest absolute Gasteiger partial charge is 0.223 e. The first kappa shape index (κ1) is 26.6. The van der Waals surface area contributed by atoms with Crippen LogP contribution in [0.15, 0.2) is 42.5 Å². The second-order valence-corrected chi connectivity index (χ2v) is 8.50. The fraction of sp³-hybridized carbons (Fsp3) is 0.500. The highest BCUT2D eigenvalue weighted by atomic mass is 16.6. The van der Waals surface area contributed by atoms with Gasteiger partial charge in [-0.05, 0) is 48.4 Å². The predicted molar refractivity (Wildman–Crippen MR) is 131 cm³/mol. The molecule has 0 unspecified atom stereocenters. The van der Waals surface area contributed by atoms with Crippen LogP contribution in [0.1, 0.15) is 31.9 Å². The molecule has 2 heterocycles. The van der Waals surface area contributed by atoms with Crippen LogP contribution in [0.2, 0.25) is 0 Å². The molecule has 192 valence electrons. The van der Waals surface area contributed by atoms with Crippen LogP contribution in [-0.4, -0.2) is 79.7 Å². The maximum Gasteiger partial charge on any atom is 0.223 e. The van der Waals surface area contributed by atoms with Crippen molar-refractivity contribution < 1.29 is 34.0 Å². The molecular formula is C26H36N2O7. The van der Waals surface area contributed by atoms with Gasteiger partial charge in [0.2, 0.25) is 5.91 Å². The standard InChI is InChI=1S/C25H32N2O7.CH4/c1-31-19-3-5-20(6-4-19)32-11-9-24(29)26-21(16-27-10-8-18(28)15-27)25(30)17-2-7-22-23(14-17)34-13-12-33-22;/h2-7,14,18,21,25,28,30H,8-13,15-16H2,1H3,(H,26,29);1H4/t18-,21-,25-;/m1./s1. The fourth-order valence-corrected chi connectivity index (χ4v) is 4.17. The molecule has 9 nitrogen and oxygen atoms in total. The van der Waals surface area contributed by atoms with Crippen molar-refractivity contribution in [3.8, 4) is 23.0 Å². The van der Waals surface area contributed by atoms with Crippen molar-refractivity contribution in [3.63, 3.8) is 0 Å². The average Bonchev–Trinajstić information content (AvgIpc) is 3.27. The number of amides is 1. The molecule has 0 radical (unpaired) electrons. The number of nitrogens with zero attached hydrogens (tertiary/aromatic N) is 1. The van der Waals surface area contributed by atoms with Gasteiger partial charge in [0.25, 0.3) is 0 Å². The van der Waals surface area contributed by atoms with Crippen LogP contribution in [0.25, 0.3) is 0 Å². The second-order valence-electron chi connectivity index (χ2n) is 8.50. The third-order valence-corrected chi connectivity index (χ3v) is 5.99. The number of carbonyl (C=O) groups excluding carboxylic acids is 1. The van der Waals surface area contributed by atoms with Gasteiger partial charge < -0.3 is 34.5 Å². The number of hydrogen-bond donors (Lipinski definition) is 3. The zero-order valence-electron chi connectivity index (χ0n) is 19.3. The van der Waals surface area contributed by atoms with Crippen LogP contribution in [0.4, 0.5) is 0 Å². The van der Waals surface area contributed by atoms with E-state index in [1.54, 1.807) is 49.6 Å². The van der Waals surface area contributed by atoms with Crippen molar-refractivity contribution >= 4 is 5.91 Å². The minimum atomic E-state index is -0.958. The molecule has 3 N–H and O–H groups in total. The van der Waals surface area contributed by atoms with E-state index in [1.165, 1.54) is 0 Å². The van der Waals surface area contributed by atoms with E-state index in [2.05, 4.69) is 5.32 Å². The summed E-state index contributed by atoms with van der Waals surface area (Å²) in [4.78, 5) is 14.8. The average molecular weight is 489 g/mol. The summed E-state index contributed by atoms with van der Waals surface area (Å²) in [5.41, 5.74) is 0.628. The number of carbonyl (C=O) groups is 1. The summed E-state index contributed by atoms with van der Waals surface area (Å²) in [6, 6.07) is 11.9. The Hall–Kier alpha value is -3.01. The highest BCUT2D eigenvalue weighted by Gasteiger charge is 2.29. The number of likely N-dealkylation sites (tertiary alicyclic amines) is 1. The summed E-state index contributed by atoms with van der Waals surface area (Å²) in [5, 5.41) is 24.0. The first-order valence-corrected chi connectivity index (χ1v) is 11.6. The quantitative estimate of drug-likeness (QED) is 0.467. The van der Waals surface area contributed by atoms with Crippen LogP contribution in [0.3, 0.4) is 0 Å². The summed E-state index contributed by atoms with van der Waals surface area (Å²) in [5.74, 6) is 2.37. The number of rotatable bonds is 10. The molecule has 2 aliphatic heterocycles. The van der Waals surface area contributed by atoms with Crippen LogP contribution in [0, 0.1) is 0 Å². The molecule has 9 heteroatoms. The Morgan fingerprint density at radius 3 is 2.54 bits per heavy atom. The lowest BCUT2D eigenvalue weighted by atomic mass is 10.0. The first-order valence-electron chi connectivity index (χ1n) is 11.6. The predicted octanol–water partition coefficient (Wildman–Crippen LogP) is 2.16. The maximum atomic E-state index is 12.7. The summed E-state index contributed by atoms with van der Waals surface area (Å²) in [6.07, 6.45) is -0.532. The van der Waals surface area contributed by atoms with Crippen molar-refractivity contribution in [2.45, 2.75) is 38.5 Å². The molecule has 4 rings (SSSR count). The zero-order chi connectivity index (χ0) is 23.9. The molecule has 35 heavy (non-hydrogen) atoms. The van der Waals surface area contributed by atoms with Crippen LogP contribution in [0.5, 0.6) is 23.0 Å². The Labute approximate surface area is 206 Å². The number of methoxy groups -OCH3 is 1. The minimum Gasteiger partial charge on any atom is -0.497 e. The number of benzene rings is 2. The van der Waals surface area contributed by atoms with Crippen LogP contribution < -0.4 is 24.3 Å². The van der Waals surface area contributed by atoms with Crippen molar-refractivity contribution in [3.05, 3.63) is 48.0 Å². The Kier molecular flexibility index (Phi) is 9.59. The van der Waals surface area contributed by atoms with Crippen molar-refractivity contribution in [2.75, 3.05) is 46.6 Å². The normalized spacial score (nSPS) is 18.8. The highest BCUT2D eigenvalue weighted by molar-refractivity contribution is 5.76. The molecule has 1 saturated heterocycles. The van der Waals surface area contributed by atoms with E-state index in [-0.39, 0.29) is 32.5 Å². The maximum absolute atomic E-state index is 12.7. The summed E-state index contributed by atoms with van der Waals surface area (Å²) >= 11 is 0. The first-order chi connectivity index (χ1) is 16.5. The number of ether oxygens (including phenoxy) is 4. The lowest BCUT2D eigenvalue weighted by Gasteiger charge is -2.29. The molecule has 2 aromatic carbocycles. The van der Waals surface area contributed by atoms with E-state index >= 15 is 0 Å². The van der Waals surface area contributed by atoms with E-state index in [1.807, 2.05) is 4.90 Å². The van der Waals surface area contributed by atoms with Gasteiger partial charge in [-0.25, -0.2) is 0 Å². The topological polar surface area (TPSA) is 110 Å². The molecule has 3 atom stereocenters. The Morgan fingerprint density at radius 2 is 1.86 bits per heavy atom. The number of aliphatic hydroxyl groups excluding tert-OH is 2. The third kappa shape index (κ3) is 7.24. The molecule has 2 aromatic rings. The summed E-state index contributed by atoms with van der Waals surface area (Å²) in [6.45, 7) is 2.78. The van der Waals surface area contributed by atoms with Gasteiger partial charge in [-0.1, -0.05) is 13.5 Å². The largest absolute Gasteiger partial charge is 0.497 e. The lowest BCUT2D eigenvalue weighted by Crippen LogP contribution is -2.47. The molecule has 0 aliphatic carbocycles. The minimum absolute atomic E-state index is 0. The number of fused-ring (bicyclic) bond motifs is 1. The van der Waals surface area contributed by atoms with Crippen LogP contribution >= 0.6 is 0 Å². The number of aliphatic hydroxyl groups is 2. The zero-order valence-corrected chi connectivity index (χ0v) is 19.3. The second kappa shape index (κ2) is 12.6. The lowest BCUT2D eigenvalue weighted by molar-refractivity contribution is -0.123. The van der Waals surface area contributed by atoms with Crippen LogP contribution in [-0.2, 0) is 4.79 Å². The Bertz CT molecular complexity index is 953. The Morgan fingerprint density at radius 1 is 1.14 bits per heavy atom. The number of β-amino-alcohol motifs (C(OH)–C–C–N with tert-alkyl or cyclic N) is 1. The van der Waals surface area contributed by atoms with Gasteiger partial charge in [0.15, 0.2) is 11.5 Å². The Balaban J connectivity index is 0.00000342. The van der Waals surface area contributed by atoms with Gasteiger partial charge in [0.05, 0.1) is 32.3 Å². The summed E-state index contributed by atoms with van der Waals surface area (Å²) in [7, 11) is 1.60.